The van der Waals surface area contributed by atoms with Gasteiger partial charge in [-0.15, -0.1) is 0 Å². The summed E-state index contributed by atoms with van der Waals surface area (Å²) >= 11 is 6.48. The Labute approximate surface area is 190 Å². The van der Waals surface area contributed by atoms with Gasteiger partial charge in [-0.05, 0) is 57.9 Å². The number of phenols is 1. The Morgan fingerprint density at radius 1 is 0.871 bits per heavy atom. The van der Waals surface area contributed by atoms with Crippen molar-refractivity contribution in [3.63, 3.8) is 0 Å². The van der Waals surface area contributed by atoms with Crippen molar-refractivity contribution in [1.82, 2.24) is 4.98 Å². The molecule has 0 amide bonds. The van der Waals surface area contributed by atoms with E-state index in [1.54, 1.807) is 6.20 Å². The number of aromatic nitrogens is 1. The van der Waals surface area contributed by atoms with Gasteiger partial charge in [0.25, 0.3) is 0 Å². The SMILES string of the molecule is CC(C)(C)c1cc(C(N=Nc2ccccc2)c2cccnc2Cl)cc(C(C)(C)C)c1O. The van der Waals surface area contributed by atoms with Crippen LogP contribution >= 0.6 is 11.6 Å². The third kappa shape index (κ3) is 5.31. The summed E-state index contributed by atoms with van der Waals surface area (Å²) in [7, 11) is 0. The summed E-state index contributed by atoms with van der Waals surface area (Å²) in [6.07, 6.45) is 1.66. The number of aromatic hydroxyl groups is 1. The molecule has 1 aromatic heterocycles. The van der Waals surface area contributed by atoms with Gasteiger partial charge < -0.3 is 5.11 Å². The maximum atomic E-state index is 11.1. The number of hydrogen-bond donors (Lipinski definition) is 1. The predicted molar refractivity (Wildman–Crippen MR) is 128 cm³/mol. The second kappa shape index (κ2) is 8.80. The van der Waals surface area contributed by atoms with Gasteiger partial charge >= 0.3 is 0 Å². The van der Waals surface area contributed by atoms with Crippen LogP contribution in [0.25, 0.3) is 0 Å². The fourth-order valence-electron chi connectivity index (χ4n) is 3.49. The zero-order valence-corrected chi connectivity index (χ0v) is 19.8. The van der Waals surface area contributed by atoms with Crippen molar-refractivity contribution >= 4 is 17.3 Å². The second-order valence-electron chi connectivity index (χ2n) is 9.80. The highest BCUT2D eigenvalue weighted by molar-refractivity contribution is 6.30. The first-order valence-corrected chi connectivity index (χ1v) is 10.8. The number of nitrogens with zero attached hydrogens (tertiary/aromatic N) is 3. The summed E-state index contributed by atoms with van der Waals surface area (Å²) in [5.74, 6) is 0.333. The van der Waals surface area contributed by atoms with E-state index in [-0.39, 0.29) is 10.8 Å². The van der Waals surface area contributed by atoms with E-state index in [1.165, 1.54) is 0 Å². The molecule has 1 heterocycles. The van der Waals surface area contributed by atoms with Gasteiger partial charge in [-0.1, -0.05) is 77.4 Å². The van der Waals surface area contributed by atoms with Gasteiger partial charge in [0.05, 0.1) is 5.69 Å². The van der Waals surface area contributed by atoms with Crippen molar-refractivity contribution in [3.05, 3.63) is 88.2 Å². The van der Waals surface area contributed by atoms with E-state index in [4.69, 9.17) is 16.7 Å². The molecular formula is C26H30ClN3O. The lowest BCUT2D eigenvalue weighted by atomic mass is 9.77. The molecule has 0 aliphatic carbocycles. The van der Waals surface area contributed by atoms with Crippen LogP contribution in [0.5, 0.6) is 5.75 Å². The van der Waals surface area contributed by atoms with E-state index in [0.717, 1.165) is 27.9 Å². The van der Waals surface area contributed by atoms with Crippen LogP contribution in [0.4, 0.5) is 5.69 Å². The highest BCUT2D eigenvalue weighted by Gasteiger charge is 2.29. The number of benzene rings is 2. The average Bonchev–Trinajstić information content (AvgIpc) is 2.69. The molecule has 0 fully saturated rings. The lowest BCUT2D eigenvalue weighted by molar-refractivity contribution is 0.422. The lowest BCUT2D eigenvalue weighted by Gasteiger charge is -2.29. The van der Waals surface area contributed by atoms with Crippen LogP contribution in [0, 0.1) is 0 Å². The number of hydrogen-bond acceptors (Lipinski definition) is 4. The van der Waals surface area contributed by atoms with Crippen molar-refractivity contribution in [2.24, 2.45) is 10.2 Å². The fourth-order valence-corrected chi connectivity index (χ4v) is 3.71. The molecule has 0 bridgehead atoms. The Kier molecular flexibility index (Phi) is 6.51. The summed E-state index contributed by atoms with van der Waals surface area (Å²) < 4.78 is 0. The maximum absolute atomic E-state index is 11.1. The molecule has 0 saturated carbocycles. The normalized spacial score (nSPS) is 13.5. The van der Waals surface area contributed by atoms with Crippen LogP contribution in [-0.4, -0.2) is 10.1 Å². The van der Waals surface area contributed by atoms with Crippen molar-refractivity contribution < 1.29 is 5.11 Å². The molecule has 4 nitrogen and oxygen atoms in total. The Balaban J connectivity index is 2.26. The minimum Gasteiger partial charge on any atom is -0.507 e. The number of azo groups is 1. The average molecular weight is 436 g/mol. The molecule has 0 aliphatic heterocycles. The Bertz CT molecular complexity index is 1040. The topological polar surface area (TPSA) is 57.8 Å². The molecule has 162 valence electrons. The largest absolute Gasteiger partial charge is 0.507 e. The number of pyridine rings is 1. The molecule has 3 rings (SSSR count). The minimum absolute atomic E-state index is 0.250. The molecule has 1 N–H and O–H groups in total. The van der Waals surface area contributed by atoms with Crippen LogP contribution in [0.15, 0.2) is 71.0 Å². The third-order valence-corrected chi connectivity index (χ3v) is 5.51. The van der Waals surface area contributed by atoms with E-state index >= 15 is 0 Å². The number of halogens is 1. The Morgan fingerprint density at radius 2 is 1.45 bits per heavy atom. The van der Waals surface area contributed by atoms with Gasteiger partial charge in [0.1, 0.15) is 16.9 Å². The van der Waals surface area contributed by atoms with Crippen molar-refractivity contribution in [2.45, 2.75) is 58.4 Å². The molecule has 0 saturated heterocycles. The van der Waals surface area contributed by atoms with Crippen LogP contribution < -0.4 is 0 Å². The monoisotopic (exact) mass is 435 g/mol. The van der Waals surface area contributed by atoms with Gasteiger partial charge in [-0.3, -0.25) is 0 Å². The van der Waals surface area contributed by atoms with Gasteiger partial charge in [0, 0.05) is 11.8 Å². The summed E-state index contributed by atoms with van der Waals surface area (Å²) in [4.78, 5) is 4.25. The molecule has 1 unspecified atom stereocenters. The van der Waals surface area contributed by atoms with Crippen LogP contribution in [0.1, 0.15) is 69.8 Å². The maximum Gasteiger partial charge on any atom is 0.134 e. The first-order chi connectivity index (χ1) is 14.5. The lowest BCUT2D eigenvalue weighted by Crippen LogP contribution is -2.18. The van der Waals surface area contributed by atoms with Crippen molar-refractivity contribution in [1.29, 1.82) is 0 Å². The molecule has 0 radical (unpaired) electrons. The number of rotatable bonds is 4. The Hall–Kier alpha value is -2.72. The second-order valence-corrected chi connectivity index (χ2v) is 10.2. The van der Waals surface area contributed by atoms with Crippen LogP contribution in [-0.2, 0) is 10.8 Å². The molecular weight excluding hydrogens is 406 g/mol. The summed E-state index contributed by atoms with van der Waals surface area (Å²) in [5.41, 5.74) is 3.69. The highest BCUT2D eigenvalue weighted by Crippen LogP contribution is 2.43. The van der Waals surface area contributed by atoms with E-state index in [0.29, 0.717) is 10.9 Å². The van der Waals surface area contributed by atoms with E-state index in [1.807, 2.05) is 54.6 Å². The molecule has 5 heteroatoms. The molecule has 0 spiro atoms. The number of phenolic OH excluding ortho intramolecular Hbond substituents is 1. The summed E-state index contributed by atoms with van der Waals surface area (Å²) in [6, 6.07) is 17.0. The molecule has 0 aliphatic rings. The zero-order valence-electron chi connectivity index (χ0n) is 19.0. The van der Waals surface area contributed by atoms with Gasteiger partial charge in [-0.2, -0.15) is 10.2 Å². The zero-order chi connectivity index (χ0) is 22.8. The molecule has 31 heavy (non-hydrogen) atoms. The highest BCUT2D eigenvalue weighted by atomic mass is 35.5. The minimum atomic E-state index is -0.454. The van der Waals surface area contributed by atoms with Gasteiger partial charge in [0.15, 0.2) is 0 Å². The molecule has 2 aromatic carbocycles. The van der Waals surface area contributed by atoms with Crippen molar-refractivity contribution in [3.8, 4) is 5.75 Å². The quantitative estimate of drug-likeness (QED) is 0.334. The van der Waals surface area contributed by atoms with Gasteiger partial charge in [-0.25, -0.2) is 4.98 Å². The van der Waals surface area contributed by atoms with E-state index in [9.17, 15) is 5.11 Å². The summed E-state index contributed by atoms with van der Waals surface area (Å²) in [6.45, 7) is 12.6. The predicted octanol–water partition coefficient (Wildman–Crippen LogP) is 7.91. The molecule has 1 atom stereocenters. The summed E-state index contributed by atoms with van der Waals surface area (Å²) in [5, 5.41) is 20.7. The fraction of sp³-hybridized carbons (Fsp3) is 0.346. The van der Waals surface area contributed by atoms with Crippen LogP contribution in [0.2, 0.25) is 5.15 Å². The third-order valence-electron chi connectivity index (χ3n) is 5.19. The van der Waals surface area contributed by atoms with Gasteiger partial charge in [0.2, 0.25) is 0 Å². The first kappa shape index (κ1) is 23.0. The standard InChI is InChI=1S/C26H30ClN3O/c1-25(2,3)20-15-17(16-21(23(20)31)26(4,5)6)22(19-13-10-14-28-24(19)27)30-29-18-11-8-7-9-12-18/h7-16,22,31H,1-6H3. The van der Waals surface area contributed by atoms with Crippen molar-refractivity contribution in [2.75, 3.05) is 0 Å². The van der Waals surface area contributed by atoms with Crippen LogP contribution in [0.3, 0.4) is 0 Å². The van der Waals surface area contributed by atoms with E-state index < -0.39 is 6.04 Å². The Morgan fingerprint density at radius 3 is 1.97 bits per heavy atom. The molecule has 3 aromatic rings. The smallest absolute Gasteiger partial charge is 0.134 e. The van der Waals surface area contributed by atoms with E-state index in [2.05, 4.69) is 51.6 Å². The first-order valence-electron chi connectivity index (χ1n) is 10.4.